The number of anilines is 1. The normalized spacial score (nSPS) is 10.2. The molecule has 0 unspecified atom stereocenters. The first-order chi connectivity index (χ1) is 8.15. The number of hydrogen-bond acceptors (Lipinski definition) is 4. The summed E-state index contributed by atoms with van der Waals surface area (Å²) in [6, 6.07) is 5.23. The number of nitro groups is 1. The summed E-state index contributed by atoms with van der Waals surface area (Å²) in [6.07, 6.45) is 4.24. The molecule has 6 heteroatoms. The molecule has 0 atom stereocenters. The van der Waals surface area contributed by atoms with Crippen molar-refractivity contribution in [2.24, 2.45) is 0 Å². The van der Waals surface area contributed by atoms with Crippen molar-refractivity contribution in [1.82, 2.24) is 0 Å². The van der Waals surface area contributed by atoms with E-state index in [9.17, 15) is 10.1 Å². The fourth-order valence-electron chi connectivity index (χ4n) is 1.40. The highest BCUT2D eigenvalue weighted by Gasteiger charge is 2.13. The van der Waals surface area contributed by atoms with Crippen molar-refractivity contribution in [1.29, 1.82) is 0 Å². The lowest BCUT2D eigenvalue weighted by atomic mass is 10.2. The Hall–Kier alpha value is -0.500. The van der Waals surface area contributed by atoms with Crippen LogP contribution in [0.3, 0.4) is 0 Å². The molecule has 0 aliphatic rings. The van der Waals surface area contributed by atoms with Gasteiger partial charge in [0, 0.05) is 16.2 Å². The maximum absolute atomic E-state index is 10.9. The third-order valence-corrected chi connectivity index (χ3v) is 3.62. The lowest BCUT2D eigenvalue weighted by Crippen LogP contribution is -2.04. The third kappa shape index (κ3) is 5.12. The Labute approximate surface area is 119 Å². The molecule has 94 valence electrons. The van der Waals surface area contributed by atoms with Gasteiger partial charge in [0.15, 0.2) is 0 Å². The van der Waals surface area contributed by atoms with E-state index in [4.69, 9.17) is 0 Å². The molecule has 0 fully saturated rings. The first-order valence-electron chi connectivity index (χ1n) is 5.32. The van der Waals surface area contributed by atoms with E-state index in [0.717, 1.165) is 28.7 Å². The predicted octanol–water partition coefficient (Wildman–Crippen LogP) is 3.75. The fourth-order valence-corrected chi connectivity index (χ4v) is 2.37. The minimum absolute atomic E-state index is 0.154. The fraction of sp³-hybridized carbons (Fsp3) is 0.455. The molecule has 1 rings (SSSR count). The van der Waals surface area contributed by atoms with Crippen molar-refractivity contribution in [2.45, 2.75) is 12.8 Å². The number of rotatable bonds is 7. The van der Waals surface area contributed by atoms with Crippen LogP contribution in [0.4, 0.5) is 11.4 Å². The molecule has 0 heterocycles. The third-order valence-electron chi connectivity index (χ3n) is 2.25. The average molecular weight is 366 g/mol. The molecule has 0 bridgehead atoms. The van der Waals surface area contributed by atoms with Gasteiger partial charge in [0.05, 0.1) is 4.92 Å². The van der Waals surface area contributed by atoms with Crippen molar-refractivity contribution < 1.29 is 4.92 Å². The van der Waals surface area contributed by atoms with E-state index in [1.807, 2.05) is 17.8 Å². The summed E-state index contributed by atoms with van der Waals surface area (Å²) in [5.41, 5.74) is 0.765. The smallest absolute Gasteiger partial charge is 0.293 e. The number of benzene rings is 1. The second-order valence-electron chi connectivity index (χ2n) is 3.55. The zero-order chi connectivity index (χ0) is 12.7. The zero-order valence-corrected chi connectivity index (χ0v) is 12.6. The SMILES string of the molecule is CSCCCCNc1ccc(I)cc1[N+](=O)[O-]. The van der Waals surface area contributed by atoms with Gasteiger partial charge in [-0.3, -0.25) is 10.1 Å². The van der Waals surface area contributed by atoms with Crippen LogP contribution in [-0.4, -0.2) is 23.5 Å². The minimum atomic E-state index is -0.341. The van der Waals surface area contributed by atoms with Crippen molar-refractivity contribution in [2.75, 3.05) is 23.9 Å². The van der Waals surface area contributed by atoms with Gasteiger partial charge >= 0.3 is 0 Å². The molecule has 0 aromatic heterocycles. The highest BCUT2D eigenvalue weighted by molar-refractivity contribution is 14.1. The van der Waals surface area contributed by atoms with Crippen LogP contribution >= 0.6 is 34.4 Å². The molecular formula is C11H15IN2O2S. The predicted molar refractivity (Wildman–Crippen MR) is 81.9 cm³/mol. The van der Waals surface area contributed by atoms with Crippen molar-refractivity contribution in [3.05, 3.63) is 31.9 Å². The number of halogens is 1. The second-order valence-corrected chi connectivity index (χ2v) is 5.78. The Morgan fingerprint density at radius 3 is 2.88 bits per heavy atom. The molecule has 1 aromatic carbocycles. The highest BCUT2D eigenvalue weighted by atomic mass is 127. The molecule has 0 radical (unpaired) electrons. The van der Waals surface area contributed by atoms with Gasteiger partial charge < -0.3 is 5.32 Å². The molecular weight excluding hydrogens is 351 g/mol. The number of nitrogens with zero attached hydrogens (tertiary/aromatic N) is 1. The van der Waals surface area contributed by atoms with E-state index in [2.05, 4.69) is 34.2 Å². The number of nitro benzene ring substituents is 1. The average Bonchev–Trinajstić information content (AvgIpc) is 2.30. The minimum Gasteiger partial charge on any atom is -0.379 e. The Morgan fingerprint density at radius 1 is 1.47 bits per heavy atom. The molecule has 0 spiro atoms. The first kappa shape index (κ1) is 14.6. The summed E-state index contributed by atoms with van der Waals surface area (Å²) in [4.78, 5) is 10.5. The van der Waals surface area contributed by atoms with Crippen molar-refractivity contribution >= 4 is 45.7 Å². The van der Waals surface area contributed by atoms with Gasteiger partial charge in [0.25, 0.3) is 5.69 Å². The van der Waals surface area contributed by atoms with Gasteiger partial charge in [-0.2, -0.15) is 11.8 Å². The van der Waals surface area contributed by atoms with Gasteiger partial charge in [-0.15, -0.1) is 0 Å². The van der Waals surface area contributed by atoms with E-state index >= 15 is 0 Å². The molecule has 0 aliphatic heterocycles. The van der Waals surface area contributed by atoms with E-state index in [1.165, 1.54) is 0 Å². The van der Waals surface area contributed by atoms with Crippen LogP contribution in [0.2, 0.25) is 0 Å². The Morgan fingerprint density at radius 2 is 2.24 bits per heavy atom. The summed E-state index contributed by atoms with van der Waals surface area (Å²) in [7, 11) is 0. The standard InChI is InChI=1S/C11H15IN2O2S/c1-17-7-3-2-6-13-10-5-4-9(12)8-11(10)14(15)16/h4-5,8,13H,2-3,6-7H2,1H3. The highest BCUT2D eigenvalue weighted by Crippen LogP contribution is 2.26. The summed E-state index contributed by atoms with van der Waals surface area (Å²) in [5.74, 6) is 1.14. The van der Waals surface area contributed by atoms with Crippen LogP contribution in [0.25, 0.3) is 0 Å². The number of hydrogen-bond donors (Lipinski definition) is 1. The van der Waals surface area contributed by atoms with Crippen LogP contribution in [0.1, 0.15) is 12.8 Å². The Bertz CT molecular complexity index is 388. The largest absolute Gasteiger partial charge is 0.379 e. The van der Waals surface area contributed by atoms with Crippen LogP contribution in [0.15, 0.2) is 18.2 Å². The topological polar surface area (TPSA) is 55.2 Å². The monoisotopic (exact) mass is 366 g/mol. The van der Waals surface area contributed by atoms with E-state index in [1.54, 1.807) is 12.1 Å². The van der Waals surface area contributed by atoms with E-state index in [0.29, 0.717) is 5.69 Å². The second kappa shape index (κ2) is 7.75. The molecule has 0 amide bonds. The van der Waals surface area contributed by atoms with Gasteiger partial charge in [-0.1, -0.05) is 0 Å². The summed E-state index contributed by atoms with van der Waals surface area (Å²) >= 11 is 3.90. The lowest BCUT2D eigenvalue weighted by Gasteiger charge is -2.07. The van der Waals surface area contributed by atoms with Gasteiger partial charge in [0.1, 0.15) is 5.69 Å². The van der Waals surface area contributed by atoms with Crippen molar-refractivity contribution in [3.8, 4) is 0 Å². The number of thioether (sulfide) groups is 1. The molecule has 4 nitrogen and oxygen atoms in total. The first-order valence-corrected chi connectivity index (χ1v) is 7.79. The van der Waals surface area contributed by atoms with E-state index < -0.39 is 0 Å². The van der Waals surface area contributed by atoms with Crippen LogP contribution in [0, 0.1) is 13.7 Å². The summed E-state index contributed by atoms with van der Waals surface area (Å²) in [6.45, 7) is 0.780. The van der Waals surface area contributed by atoms with Crippen molar-refractivity contribution in [3.63, 3.8) is 0 Å². The molecule has 17 heavy (non-hydrogen) atoms. The van der Waals surface area contributed by atoms with Crippen LogP contribution in [-0.2, 0) is 0 Å². The molecule has 0 saturated carbocycles. The Kier molecular flexibility index (Phi) is 6.64. The van der Waals surface area contributed by atoms with E-state index in [-0.39, 0.29) is 10.6 Å². The zero-order valence-electron chi connectivity index (χ0n) is 9.61. The maximum Gasteiger partial charge on any atom is 0.293 e. The molecule has 0 saturated heterocycles. The quantitative estimate of drug-likeness (QED) is 0.346. The molecule has 0 aliphatic carbocycles. The lowest BCUT2D eigenvalue weighted by molar-refractivity contribution is -0.384. The number of unbranched alkanes of at least 4 members (excludes halogenated alkanes) is 1. The molecule has 1 aromatic rings. The molecule has 1 N–H and O–H groups in total. The van der Waals surface area contributed by atoms with Gasteiger partial charge in [-0.05, 0) is 59.6 Å². The number of nitrogens with one attached hydrogen (secondary N) is 1. The van der Waals surface area contributed by atoms with Gasteiger partial charge in [-0.25, -0.2) is 0 Å². The Balaban J connectivity index is 2.55. The van der Waals surface area contributed by atoms with Gasteiger partial charge in [0.2, 0.25) is 0 Å². The van der Waals surface area contributed by atoms with Crippen LogP contribution < -0.4 is 5.32 Å². The maximum atomic E-state index is 10.9. The summed E-state index contributed by atoms with van der Waals surface area (Å²) < 4.78 is 0.877. The van der Waals surface area contributed by atoms with Crippen LogP contribution in [0.5, 0.6) is 0 Å². The summed E-state index contributed by atoms with van der Waals surface area (Å²) in [5, 5.41) is 14.0.